The van der Waals surface area contributed by atoms with Gasteiger partial charge in [0, 0.05) is 19.5 Å². The molecule has 2 aliphatic heterocycles. The number of benzene rings is 2. The number of hydrogen-bond acceptors (Lipinski definition) is 4. The lowest BCUT2D eigenvalue weighted by Crippen LogP contribution is -2.36. The number of carbonyl (C=O) groups is 3. The smallest absolute Gasteiger partial charge is 0.261 e. The summed E-state index contributed by atoms with van der Waals surface area (Å²) in [6, 6.07) is 14.7. The van der Waals surface area contributed by atoms with Crippen molar-refractivity contribution in [2.75, 3.05) is 19.7 Å². The van der Waals surface area contributed by atoms with Crippen LogP contribution in [0.4, 0.5) is 0 Å². The fourth-order valence-electron chi connectivity index (χ4n) is 4.16. The predicted octanol–water partition coefficient (Wildman–Crippen LogP) is 3.44. The van der Waals surface area contributed by atoms with E-state index in [2.05, 4.69) is 0 Å². The molecule has 6 nitrogen and oxygen atoms in total. The highest BCUT2D eigenvalue weighted by Gasteiger charge is 2.36. The van der Waals surface area contributed by atoms with Crippen molar-refractivity contribution < 1.29 is 19.1 Å². The summed E-state index contributed by atoms with van der Waals surface area (Å²) >= 11 is 0. The van der Waals surface area contributed by atoms with Crippen molar-refractivity contribution in [1.29, 1.82) is 0 Å². The van der Waals surface area contributed by atoms with Crippen LogP contribution in [0.5, 0.6) is 5.75 Å². The van der Waals surface area contributed by atoms with Crippen molar-refractivity contribution in [2.24, 2.45) is 0 Å². The number of imide groups is 1. The Morgan fingerprint density at radius 3 is 2.31 bits per heavy atom. The zero-order chi connectivity index (χ0) is 20.4. The van der Waals surface area contributed by atoms with Crippen LogP contribution in [0.3, 0.4) is 0 Å². The molecule has 3 amide bonds. The van der Waals surface area contributed by atoms with Crippen molar-refractivity contribution in [1.82, 2.24) is 9.80 Å². The molecule has 4 rings (SSSR count). The lowest BCUT2D eigenvalue weighted by atomic mass is 10.0. The van der Waals surface area contributed by atoms with Crippen LogP contribution in [-0.2, 0) is 4.79 Å². The number of carbonyl (C=O) groups excluding carboxylic acids is 3. The lowest BCUT2D eigenvalue weighted by Gasteiger charge is -2.26. The van der Waals surface area contributed by atoms with Crippen molar-refractivity contribution in [3.05, 3.63) is 65.2 Å². The molecule has 0 N–H and O–H groups in total. The minimum Gasteiger partial charge on any atom is -0.494 e. The minimum atomic E-state index is -0.317. The van der Waals surface area contributed by atoms with Crippen molar-refractivity contribution in [3.8, 4) is 5.75 Å². The largest absolute Gasteiger partial charge is 0.494 e. The maximum absolute atomic E-state index is 12.9. The van der Waals surface area contributed by atoms with Gasteiger partial charge in [-0.25, -0.2) is 0 Å². The van der Waals surface area contributed by atoms with Gasteiger partial charge in [-0.15, -0.1) is 0 Å². The molecule has 2 heterocycles. The summed E-state index contributed by atoms with van der Waals surface area (Å²) < 4.78 is 5.49. The first kappa shape index (κ1) is 19.2. The summed E-state index contributed by atoms with van der Waals surface area (Å²) in [5, 5.41) is 0. The lowest BCUT2D eigenvalue weighted by molar-refractivity contribution is -0.132. The van der Waals surface area contributed by atoms with Gasteiger partial charge in [-0.2, -0.15) is 0 Å². The summed E-state index contributed by atoms with van der Waals surface area (Å²) in [6.07, 6.45) is 1.99. The van der Waals surface area contributed by atoms with Gasteiger partial charge >= 0.3 is 0 Å². The fourth-order valence-corrected chi connectivity index (χ4v) is 4.16. The summed E-state index contributed by atoms with van der Waals surface area (Å²) in [6.45, 7) is 3.36. The Hall–Kier alpha value is -3.15. The van der Waals surface area contributed by atoms with E-state index in [9.17, 15) is 14.4 Å². The van der Waals surface area contributed by atoms with E-state index in [1.54, 1.807) is 24.3 Å². The van der Waals surface area contributed by atoms with Gasteiger partial charge in [0.2, 0.25) is 5.91 Å². The van der Waals surface area contributed by atoms with Crippen LogP contribution in [-0.4, -0.2) is 47.2 Å². The molecule has 150 valence electrons. The zero-order valence-electron chi connectivity index (χ0n) is 16.5. The second-order valence-corrected chi connectivity index (χ2v) is 7.30. The van der Waals surface area contributed by atoms with Gasteiger partial charge < -0.3 is 9.64 Å². The quantitative estimate of drug-likeness (QED) is 0.707. The molecule has 1 atom stereocenters. The SMILES string of the molecule is CCOc1ccc([C@@H]2CCCN2C(=O)CCN2C(=O)c3ccccc3C2=O)cc1. The van der Waals surface area contributed by atoms with E-state index in [4.69, 9.17) is 4.74 Å². The Kier molecular flexibility index (Phi) is 5.34. The highest BCUT2D eigenvalue weighted by molar-refractivity contribution is 6.21. The summed E-state index contributed by atoms with van der Waals surface area (Å²) in [5.74, 6) is 0.154. The monoisotopic (exact) mass is 392 g/mol. The number of fused-ring (bicyclic) bond motifs is 1. The van der Waals surface area contributed by atoms with E-state index in [0.29, 0.717) is 24.3 Å². The molecule has 1 saturated heterocycles. The molecule has 6 heteroatoms. The van der Waals surface area contributed by atoms with Crippen LogP contribution in [0.2, 0.25) is 0 Å². The van der Waals surface area contributed by atoms with E-state index in [-0.39, 0.29) is 36.7 Å². The number of likely N-dealkylation sites (tertiary alicyclic amines) is 1. The van der Waals surface area contributed by atoms with Gasteiger partial charge in [0.25, 0.3) is 11.8 Å². The number of amides is 3. The molecule has 0 bridgehead atoms. The number of rotatable bonds is 6. The van der Waals surface area contributed by atoms with Gasteiger partial charge in [-0.1, -0.05) is 24.3 Å². The molecule has 0 aromatic heterocycles. The van der Waals surface area contributed by atoms with Crippen LogP contribution in [0, 0.1) is 0 Å². The van der Waals surface area contributed by atoms with Crippen molar-refractivity contribution >= 4 is 17.7 Å². The minimum absolute atomic E-state index is 0.0281. The normalized spacial score (nSPS) is 18.3. The van der Waals surface area contributed by atoms with Gasteiger partial charge in [0.15, 0.2) is 0 Å². The van der Waals surface area contributed by atoms with Gasteiger partial charge in [0.05, 0.1) is 23.8 Å². The number of hydrogen-bond donors (Lipinski definition) is 0. The first-order valence-corrected chi connectivity index (χ1v) is 10.1. The Morgan fingerprint density at radius 2 is 1.69 bits per heavy atom. The average molecular weight is 392 g/mol. The van der Waals surface area contributed by atoms with Crippen LogP contribution >= 0.6 is 0 Å². The first-order chi connectivity index (χ1) is 14.1. The predicted molar refractivity (Wildman–Crippen MR) is 108 cm³/mol. The van der Waals surface area contributed by atoms with Gasteiger partial charge in [-0.3, -0.25) is 19.3 Å². The molecule has 0 spiro atoms. The molecule has 29 heavy (non-hydrogen) atoms. The number of nitrogens with zero attached hydrogens (tertiary/aromatic N) is 2. The molecule has 2 aromatic carbocycles. The second-order valence-electron chi connectivity index (χ2n) is 7.30. The molecule has 2 aromatic rings. The third-order valence-corrected chi connectivity index (χ3v) is 5.58. The molecule has 1 fully saturated rings. The Bertz CT molecular complexity index is 903. The maximum Gasteiger partial charge on any atom is 0.261 e. The third kappa shape index (κ3) is 3.62. The van der Waals surface area contributed by atoms with E-state index in [1.807, 2.05) is 36.1 Å². The van der Waals surface area contributed by atoms with Crippen molar-refractivity contribution in [2.45, 2.75) is 32.2 Å². The standard InChI is InChI=1S/C23H24N2O4/c1-2-29-17-11-9-16(10-12-17)20-8-5-14-24(20)21(26)13-15-25-22(27)18-6-3-4-7-19(18)23(25)28/h3-4,6-7,9-12,20H,2,5,8,13-15H2,1H3/t20-/m0/s1. The summed E-state index contributed by atoms with van der Waals surface area (Å²) in [5.41, 5.74) is 1.91. The van der Waals surface area contributed by atoms with E-state index in [0.717, 1.165) is 24.2 Å². The topological polar surface area (TPSA) is 66.9 Å². The molecular formula is C23H24N2O4. The molecular weight excluding hydrogens is 368 g/mol. The van der Waals surface area contributed by atoms with Gasteiger partial charge in [0.1, 0.15) is 5.75 Å². The van der Waals surface area contributed by atoms with E-state index < -0.39 is 0 Å². The average Bonchev–Trinajstić information content (AvgIpc) is 3.32. The van der Waals surface area contributed by atoms with Crippen molar-refractivity contribution in [3.63, 3.8) is 0 Å². The maximum atomic E-state index is 12.9. The molecule has 2 aliphatic rings. The zero-order valence-corrected chi connectivity index (χ0v) is 16.5. The van der Waals surface area contributed by atoms with Crippen LogP contribution in [0.25, 0.3) is 0 Å². The highest BCUT2D eigenvalue weighted by atomic mass is 16.5. The summed E-state index contributed by atoms with van der Waals surface area (Å²) in [4.78, 5) is 40.9. The van der Waals surface area contributed by atoms with Crippen LogP contribution in [0.1, 0.15) is 58.5 Å². The fraction of sp³-hybridized carbons (Fsp3) is 0.348. The second kappa shape index (κ2) is 8.07. The highest BCUT2D eigenvalue weighted by Crippen LogP contribution is 2.33. The molecule has 0 unspecified atom stereocenters. The van der Waals surface area contributed by atoms with E-state index >= 15 is 0 Å². The number of ether oxygens (including phenoxy) is 1. The summed E-state index contributed by atoms with van der Waals surface area (Å²) in [7, 11) is 0. The van der Waals surface area contributed by atoms with E-state index in [1.165, 1.54) is 4.90 Å². The molecule has 0 saturated carbocycles. The third-order valence-electron chi connectivity index (χ3n) is 5.58. The Balaban J connectivity index is 1.41. The Morgan fingerprint density at radius 1 is 1.03 bits per heavy atom. The van der Waals surface area contributed by atoms with Crippen LogP contribution in [0.15, 0.2) is 48.5 Å². The Labute approximate surface area is 170 Å². The molecule has 0 aliphatic carbocycles. The van der Waals surface area contributed by atoms with Crippen LogP contribution < -0.4 is 4.74 Å². The first-order valence-electron chi connectivity index (χ1n) is 10.1. The molecule has 0 radical (unpaired) electrons. The van der Waals surface area contributed by atoms with Gasteiger partial charge in [-0.05, 0) is 49.6 Å².